The first kappa shape index (κ1) is 19.1. The van der Waals surface area contributed by atoms with Crippen molar-refractivity contribution in [1.82, 2.24) is 0 Å². The summed E-state index contributed by atoms with van der Waals surface area (Å²) in [4.78, 5) is 23.2. The van der Waals surface area contributed by atoms with Crippen LogP contribution in [0.5, 0.6) is 0 Å². The molecule has 0 fully saturated rings. The summed E-state index contributed by atoms with van der Waals surface area (Å²) < 4.78 is 0. The van der Waals surface area contributed by atoms with Gasteiger partial charge in [0, 0.05) is 16.7 Å². The topological polar surface area (TPSA) is 138 Å². The number of carbonyl (C=O) groups excluding carboxylic acids is 2. The summed E-state index contributed by atoms with van der Waals surface area (Å²) in [6.45, 7) is 6.45. The van der Waals surface area contributed by atoms with Gasteiger partial charge in [-0.25, -0.2) is 0 Å². The van der Waals surface area contributed by atoms with Gasteiger partial charge in [0.25, 0.3) is 0 Å². The van der Waals surface area contributed by atoms with Gasteiger partial charge in [0.2, 0.25) is 11.8 Å². The second-order valence-corrected chi connectivity index (χ2v) is 6.76. The van der Waals surface area contributed by atoms with Crippen LogP contribution in [0.3, 0.4) is 0 Å². The number of nitrogens with two attached hydrogens (primary N) is 4. The van der Waals surface area contributed by atoms with Gasteiger partial charge in [-0.15, -0.1) is 0 Å². The second kappa shape index (κ2) is 7.57. The second-order valence-electron chi connectivity index (χ2n) is 6.76. The zero-order valence-electron chi connectivity index (χ0n) is 14.1. The number of hydrogen-bond donors (Lipinski definition) is 4. The fourth-order valence-corrected chi connectivity index (χ4v) is 2.61. The molecule has 0 spiro atoms. The van der Waals surface area contributed by atoms with Crippen molar-refractivity contribution in [2.24, 2.45) is 28.9 Å². The molecule has 1 aromatic carbocycles. The van der Waals surface area contributed by atoms with Gasteiger partial charge in [-0.2, -0.15) is 0 Å². The van der Waals surface area contributed by atoms with Gasteiger partial charge >= 0.3 is 0 Å². The van der Waals surface area contributed by atoms with E-state index in [1.165, 1.54) is 6.07 Å². The third-order valence-corrected chi connectivity index (χ3v) is 4.46. The van der Waals surface area contributed by atoms with Crippen molar-refractivity contribution in [3.8, 4) is 0 Å². The van der Waals surface area contributed by atoms with E-state index >= 15 is 0 Å². The minimum absolute atomic E-state index is 0.0142. The van der Waals surface area contributed by atoms with E-state index < -0.39 is 11.8 Å². The molecular weight excluding hydrogens is 292 g/mol. The minimum Gasteiger partial charge on any atom is -0.366 e. The van der Waals surface area contributed by atoms with Crippen molar-refractivity contribution in [3.63, 3.8) is 0 Å². The van der Waals surface area contributed by atoms with Gasteiger partial charge in [-0.1, -0.05) is 6.92 Å². The Kier molecular flexibility index (Phi) is 6.29. The predicted octanol–water partition coefficient (Wildman–Crippen LogP) is 1.08. The maximum Gasteiger partial charge on any atom is 0.248 e. The van der Waals surface area contributed by atoms with Crippen LogP contribution in [0.1, 0.15) is 65.8 Å². The number of hydrogen-bond acceptors (Lipinski definition) is 4. The molecule has 6 heteroatoms. The van der Waals surface area contributed by atoms with Gasteiger partial charge in [0.1, 0.15) is 0 Å². The molecule has 1 rings (SSSR count). The third kappa shape index (κ3) is 5.04. The van der Waals surface area contributed by atoms with E-state index in [0.29, 0.717) is 24.1 Å². The maximum atomic E-state index is 11.7. The van der Waals surface area contributed by atoms with Gasteiger partial charge in [-0.05, 0) is 68.8 Å². The van der Waals surface area contributed by atoms with Crippen LogP contribution in [-0.2, 0) is 0 Å². The van der Waals surface area contributed by atoms with E-state index in [1.54, 1.807) is 12.1 Å². The molecule has 0 saturated carbocycles. The zero-order valence-corrected chi connectivity index (χ0v) is 14.1. The number of primary amides is 2. The van der Waals surface area contributed by atoms with Crippen LogP contribution < -0.4 is 22.9 Å². The van der Waals surface area contributed by atoms with E-state index in [9.17, 15) is 9.59 Å². The molecule has 0 radical (unpaired) electrons. The van der Waals surface area contributed by atoms with Crippen molar-refractivity contribution in [3.05, 3.63) is 34.9 Å². The van der Waals surface area contributed by atoms with E-state index in [0.717, 1.165) is 12.0 Å². The number of benzene rings is 1. The summed E-state index contributed by atoms with van der Waals surface area (Å²) in [5.41, 5.74) is 23.9. The number of rotatable bonds is 8. The Morgan fingerprint density at radius 3 is 2.22 bits per heavy atom. The van der Waals surface area contributed by atoms with Crippen LogP contribution in [-0.4, -0.2) is 23.9 Å². The third-order valence-electron chi connectivity index (χ3n) is 4.46. The molecule has 6 nitrogen and oxygen atoms in total. The van der Waals surface area contributed by atoms with Crippen molar-refractivity contribution in [2.75, 3.05) is 6.54 Å². The molecule has 0 aliphatic rings. The van der Waals surface area contributed by atoms with Crippen molar-refractivity contribution < 1.29 is 9.59 Å². The van der Waals surface area contributed by atoms with Crippen LogP contribution in [0, 0.1) is 5.92 Å². The van der Waals surface area contributed by atoms with Crippen LogP contribution in [0.15, 0.2) is 18.2 Å². The Balaban J connectivity index is 3.30. The van der Waals surface area contributed by atoms with E-state index in [-0.39, 0.29) is 17.4 Å². The largest absolute Gasteiger partial charge is 0.366 e. The fraction of sp³-hybridized carbons (Fsp3) is 0.529. The van der Waals surface area contributed by atoms with Crippen LogP contribution in [0.25, 0.3) is 0 Å². The lowest BCUT2D eigenvalue weighted by atomic mass is 9.78. The highest BCUT2D eigenvalue weighted by Gasteiger charge is 2.27. The van der Waals surface area contributed by atoms with E-state index in [2.05, 4.69) is 6.92 Å². The number of carbonyl (C=O) groups is 2. The summed E-state index contributed by atoms with van der Waals surface area (Å²) in [7, 11) is 0. The Bertz CT molecular complexity index is 578. The normalized spacial score (nSPS) is 14.3. The summed E-state index contributed by atoms with van der Waals surface area (Å²) >= 11 is 0. The van der Waals surface area contributed by atoms with Crippen LogP contribution >= 0.6 is 0 Å². The molecule has 23 heavy (non-hydrogen) atoms. The Hall–Kier alpha value is -1.92. The fourth-order valence-electron chi connectivity index (χ4n) is 2.61. The quantitative estimate of drug-likeness (QED) is 0.569. The first-order chi connectivity index (χ1) is 10.6. The Labute approximate surface area is 137 Å². The lowest BCUT2D eigenvalue weighted by Crippen LogP contribution is -2.40. The van der Waals surface area contributed by atoms with Crippen molar-refractivity contribution in [1.29, 1.82) is 0 Å². The highest BCUT2D eigenvalue weighted by molar-refractivity contribution is 5.98. The first-order valence-electron chi connectivity index (χ1n) is 7.80. The van der Waals surface area contributed by atoms with Gasteiger partial charge in [-0.3, -0.25) is 9.59 Å². The molecular formula is C17H28N4O2. The molecule has 1 aromatic rings. The molecule has 2 amide bonds. The van der Waals surface area contributed by atoms with E-state index in [4.69, 9.17) is 22.9 Å². The van der Waals surface area contributed by atoms with Gasteiger partial charge < -0.3 is 22.9 Å². The number of amides is 2. The molecule has 8 N–H and O–H groups in total. The molecule has 0 aromatic heterocycles. The molecule has 0 aliphatic heterocycles. The molecule has 2 atom stereocenters. The summed E-state index contributed by atoms with van der Waals surface area (Å²) in [6.07, 6.45) is 1.41. The zero-order chi connectivity index (χ0) is 17.8. The molecule has 0 bridgehead atoms. The molecule has 0 saturated heterocycles. The smallest absolute Gasteiger partial charge is 0.248 e. The van der Waals surface area contributed by atoms with Gasteiger partial charge in [0.05, 0.1) is 0 Å². The molecule has 2 unspecified atom stereocenters. The molecule has 0 heterocycles. The summed E-state index contributed by atoms with van der Waals surface area (Å²) in [5, 5.41) is 0. The van der Waals surface area contributed by atoms with Gasteiger partial charge in [0.15, 0.2) is 0 Å². The maximum absolute atomic E-state index is 11.7. The first-order valence-corrected chi connectivity index (χ1v) is 7.80. The Morgan fingerprint density at radius 1 is 1.17 bits per heavy atom. The average Bonchev–Trinajstić information content (AvgIpc) is 2.44. The minimum atomic E-state index is -0.541. The summed E-state index contributed by atoms with van der Waals surface area (Å²) in [5.74, 6) is -0.893. The molecule has 128 valence electrons. The van der Waals surface area contributed by atoms with Crippen molar-refractivity contribution >= 4 is 11.8 Å². The predicted molar refractivity (Wildman–Crippen MR) is 91.9 cm³/mol. The molecule has 0 aliphatic carbocycles. The lowest BCUT2D eigenvalue weighted by molar-refractivity contribution is 0.0987. The monoisotopic (exact) mass is 320 g/mol. The van der Waals surface area contributed by atoms with Crippen LogP contribution in [0.4, 0.5) is 0 Å². The lowest BCUT2D eigenvalue weighted by Gasteiger charge is -2.31. The standard InChI is InChI=1S/C17H28N4O2/c1-10(17(2,3)21)8-11(6-7-18)14-9-12(15(19)22)4-5-13(14)16(20)23/h4-5,9-11H,6-8,18,21H2,1-3H3,(H2,19,22)(H2,20,23). The Morgan fingerprint density at radius 2 is 1.78 bits per heavy atom. The average molecular weight is 320 g/mol. The van der Waals surface area contributed by atoms with Crippen LogP contribution in [0.2, 0.25) is 0 Å². The summed E-state index contributed by atoms with van der Waals surface area (Å²) in [6, 6.07) is 4.72. The highest BCUT2D eigenvalue weighted by atomic mass is 16.1. The SMILES string of the molecule is CC(CC(CCN)c1cc(C(N)=O)ccc1C(N)=O)C(C)(C)N. The van der Waals surface area contributed by atoms with E-state index in [1.807, 2.05) is 13.8 Å². The van der Waals surface area contributed by atoms with Crippen molar-refractivity contribution in [2.45, 2.75) is 45.1 Å². The highest BCUT2D eigenvalue weighted by Crippen LogP contribution is 2.33.